The summed E-state index contributed by atoms with van der Waals surface area (Å²) in [4.78, 5) is 36.4. The van der Waals surface area contributed by atoms with E-state index in [2.05, 4.69) is 23.6 Å². The molecule has 0 aromatic carbocycles. The molecule has 0 heterocycles. The van der Waals surface area contributed by atoms with E-state index in [0.29, 0.717) is 29.9 Å². The van der Waals surface area contributed by atoms with Crippen LogP contribution in [0.5, 0.6) is 0 Å². The quantitative estimate of drug-likeness (QED) is 0.190. The van der Waals surface area contributed by atoms with Crippen molar-refractivity contribution in [3.8, 4) is 0 Å². The molecule has 4 aliphatic rings. The fourth-order valence-corrected chi connectivity index (χ4v) is 8.58. The third-order valence-electron chi connectivity index (χ3n) is 9.14. The minimum atomic E-state index is -4.64. The first-order chi connectivity index (χ1) is 14.7. The summed E-state index contributed by atoms with van der Waals surface area (Å²) < 4.78 is 31.8. The van der Waals surface area contributed by atoms with Gasteiger partial charge < -0.3 is 9.79 Å². The van der Waals surface area contributed by atoms with Gasteiger partial charge in [-0.3, -0.25) is 18.9 Å². The van der Waals surface area contributed by atoms with Gasteiger partial charge in [0.25, 0.3) is 0 Å². The van der Waals surface area contributed by atoms with E-state index in [1.165, 1.54) is 5.57 Å². The molecule has 4 N–H and O–H groups in total. The topological polar surface area (TPSA) is 146 Å². The summed E-state index contributed by atoms with van der Waals surface area (Å²) in [6.07, 6.45) is 9.02. The first-order valence-electron chi connectivity index (χ1n) is 11.5. The summed E-state index contributed by atoms with van der Waals surface area (Å²) in [5.41, 5.74) is 2.01. The van der Waals surface area contributed by atoms with Gasteiger partial charge in [-0.2, -0.15) is 0 Å². The van der Waals surface area contributed by atoms with Crippen molar-refractivity contribution >= 4 is 21.4 Å². The molecule has 0 radical (unpaired) electrons. The average molecular weight is 491 g/mol. The van der Waals surface area contributed by atoms with E-state index in [0.717, 1.165) is 44.9 Å². The number of hydrogen-bond donors (Lipinski definition) is 4. The average Bonchev–Trinajstić information content (AvgIpc) is 3.02. The second-order valence-electron chi connectivity index (χ2n) is 10.7. The van der Waals surface area contributed by atoms with Crippen molar-refractivity contribution < 1.29 is 37.9 Å². The Morgan fingerprint density at radius 3 is 2.38 bits per heavy atom. The Bertz CT molecular complexity index is 909. The van der Waals surface area contributed by atoms with Gasteiger partial charge >= 0.3 is 15.6 Å². The fourth-order valence-electron chi connectivity index (χ4n) is 7.82. The molecule has 7 atom stereocenters. The molecular formula is C21H35NO8P2. The van der Waals surface area contributed by atoms with Crippen LogP contribution in [-0.2, 0) is 18.3 Å². The third kappa shape index (κ3) is 4.55. The molecule has 32 heavy (non-hydrogen) atoms. The summed E-state index contributed by atoms with van der Waals surface area (Å²) in [5, 5.41) is 3.80. The van der Waals surface area contributed by atoms with Crippen molar-refractivity contribution in [3.05, 3.63) is 11.6 Å². The zero-order valence-corrected chi connectivity index (χ0v) is 20.7. The maximum atomic E-state index is 11.3. The standard InChI is InChI=1S/C21H35NO8P2/c1-13(22-30-32(26,27)28)17-6-7-18-16-5-4-14-12-15(29-31(23,24)25)8-10-20(14,2)19(16)9-11-21(17,18)3/h12,15-19H,4-11H2,1-3H3,(H2,23,24,25)(H2,26,27,28)/b22-13+/t15-,16-,17+,18-,19-,20-,21+/m0/s1. The van der Waals surface area contributed by atoms with Crippen LogP contribution in [0.1, 0.15) is 72.1 Å². The predicted octanol–water partition coefficient (Wildman–Crippen LogP) is 4.53. The Kier molecular flexibility index (Phi) is 6.38. The number of oxime groups is 1. The molecule has 0 amide bonds. The number of phosphoric ester groups is 1. The molecule has 3 fully saturated rings. The molecule has 9 nitrogen and oxygen atoms in total. The van der Waals surface area contributed by atoms with Gasteiger partial charge in [0, 0.05) is 5.92 Å². The van der Waals surface area contributed by atoms with Crippen LogP contribution in [0.15, 0.2) is 16.8 Å². The van der Waals surface area contributed by atoms with Crippen molar-refractivity contribution in [2.75, 3.05) is 0 Å². The van der Waals surface area contributed by atoms with Crippen LogP contribution >= 0.6 is 15.6 Å². The van der Waals surface area contributed by atoms with E-state index in [4.69, 9.17) is 14.3 Å². The van der Waals surface area contributed by atoms with Crippen LogP contribution in [0, 0.1) is 34.5 Å². The monoisotopic (exact) mass is 491 g/mol. The molecule has 0 aliphatic heterocycles. The zero-order chi connectivity index (χ0) is 23.5. The van der Waals surface area contributed by atoms with Gasteiger partial charge in [-0.25, -0.2) is 9.13 Å². The summed E-state index contributed by atoms with van der Waals surface area (Å²) >= 11 is 0. The maximum absolute atomic E-state index is 11.3. The van der Waals surface area contributed by atoms with Crippen LogP contribution < -0.4 is 0 Å². The number of rotatable bonds is 5. The Morgan fingerprint density at radius 2 is 1.72 bits per heavy atom. The molecule has 0 unspecified atom stereocenters. The highest BCUT2D eigenvalue weighted by Crippen LogP contribution is 2.67. The Balaban J connectivity index is 1.53. The molecule has 4 rings (SSSR count). The molecule has 0 saturated heterocycles. The smallest absolute Gasteiger partial charge is 0.303 e. The summed E-state index contributed by atoms with van der Waals surface area (Å²) in [7, 11) is -9.14. The van der Waals surface area contributed by atoms with E-state index in [9.17, 15) is 18.9 Å². The second kappa shape index (κ2) is 8.30. The number of nitrogens with zero attached hydrogens (tertiary/aromatic N) is 1. The van der Waals surface area contributed by atoms with E-state index in [1.54, 1.807) is 0 Å². The van der Waals surface area contributed by atoms with E-state index >= 15 is 0 Å². The van der Waals surface area contributed by atoms with Crippen molar-refractivity contribution in [1.82, 2.24) is 0 Å². The van der Waals surface area contributed by atoms with Gasteiger partial charge in [-0.05, 0) is 86.9 Å². The van der Waals surface area contributed by atoms with Crippen LogP contribution in [0.25, 0.3) is 0 Å². The van der Waals surface area contributed by atoms with E-state index in [1.807, 2.05) is 13.0 Å². The molecule has 0 spiro atoms. The number of allylic oxidation sites excluding steroid dienone is 1. The SMILES string of the molecule is C/C(=N\OP(=O)(O)O)[C@H]1CC[C@H]2[C@@H]3CCC4=C[C@@H](OP(=O)(O)O)CC[C@]4(C)[C@H]3CC[C@]12C. The molecule has 182 valence electrons. The highest BCUT2D eigenvalue weighted by Gasteiger charge is 2.59. The van der Waals surface area contributed by atoms with Crippen LogP contribution in [0.3, 0.4) is 0 Å². The van der Waals surface area contributed by atoms with Gasteiger partial charge in [0.15, 0.2) is 0 Å². The Labute approximate surface area is 189 Å². The molecule has 0 bridgehead atoms. The lowest BCUT2D eigenvalue weighted by atomic mass is 9.46. The summed E-state index contributed by atoms with van der Waals surface area (Å²) in [6, 6.07) is 0. The normalized spacial score (nSPS) is 42.5. The molecule has 3 saturated carbocycles. The Morgan fingerprint density at radius 1 is 1.00 bits per heavy atom. The number of fused-ring (bicyclic) bond motifs is 5. The highest BCUT2D eigenvalue weighted by molar-refractivity contribution is 7.46. The lowest BCUT2D eigenvalue weighted by molar-refractivity contribution is -0.0477. The molecule has 11 heteroatoms. The molecule has 0 aromatic heterocycles. The van der Waals surface area contributed by atoms with E-state index in [-0.39, 0.29) is 16.7 Å². The highest BCUT2D eigenvalue weighted by atomic mass is 31.2. The van der Waals surface area contributed by atoms with Gasteiger partial charge in [-0.1, -0.05) is 30.7 Å². The van der Waals surface area contributed by atoms with Crippen molar-refractivity contribution in [3.63, 3.8) is 0 Å². The van der Waals surface area contributed by atoms with Gasteiger partial charge in [0.2, 0.25) is 0 Å². The summed E-state index contributed by atoms with van der Waals surface area (Å²) in [5.74, 6) is 1.76. The van der Waals surface area contributed by atoms with Crippen molar-refractivity contribution in [2.24, 2.45) is 39.7 Å². The minimum absolute atomic E-state index is 0.0315. The second-order valence-corrected chi connectivity index (χ2v) is 13.0. The van der Waals surface area contributed by atoms with Crippen molar-refractivity contribution in [2.45, 2.75) is 78.2 Å². The third-order valence-corrected chi connectivity index (χ3v) is 9.98. The molecular weight excluding hydrogens is 456 g/mol. The maximum Gasteiger partial charge on any atom is 0.545 e. The van der Waals surface area contributed by atoms with Gasteiger partial charge in [-0.15, -0.1) is 0 Å². The van der Waals surface area contributed by atoms with Crippen LogP contribution in [0.2, 0.25) is 0 Å². The van der Waals surface area contributed by atoms with E-state index < -0.39 is 21.7 Å². The van der Waals surface area contributed by atoms with Crippen LogP contribution in [0.4, 0.5) is 0 Å². The van der Waals surface area contributed by atoms with Crippen LogP contribution in [-0.4, -0.2) is 31.4 Å². The molecule has 4 aliphatic carbocycles. The zero-order valence-electron chi connectivity index (χ0n) is 18.9. The lowest BCUT2D eigenvalue weighted by Gasteiger charge is -2.58. The first-order valence-corrected chi connectivity index (χ1v) is 14.5. The largest absolute Gasteiger partial charge is 0.545 e. The summed E-state index contributed by atoms with van der Waals surface area (Å²) in [6.45, 7) is 6.44. The van der Waals surface area contributed by atoms with Gasteiger partial charge in [0.1, 0.15) is 0 Å². The number of phosphoric acid groups is 2. The fraction of sp³-hybridized carbons (Fsp3) is 0.857. The minimum Gasteiger partial charge on any atom is -0.303 e. The Hall–Kier alpha value is -0.530. The molecule has 0 aromatic rings. The number of hydrogen-bond acceptors (Lipinski definition) is 5. The van der Waals surface area contributed by atoms with Crippen molar-refractivity contribution in [1.29, 1.82) is 0 Å². The first kappa shape index (κ1) is 24.6. The lowest BCUT2D eigenvalue weighted by Crippen LogP contribution is -2.51. The van der Waals surface area contributed by atoms with Gasteiger partial charge in [0.05, 0.1) is 11.8 Å². The predicted molar refractivity (Wildman–Crippen MR) is 118 cm³/mol.